The third-order valence-corrected chi connectivity index (χ3v) is 3.81. The number of hydrazine groups is 1. The first kappa shape index (κ1) is 15.2. The van der Waals surface area contributed by atoms with Gasteiger partial charge in [-0.25, -0.2) is 0 Å². The van der Waals surface area contributed by atoms with Crippen LogP contribution in [0.3, 0.4) is 0 Å². The van der Waals surface area contributed by atoms with Gasteiger partial charge in [0.2, 0.25) is 0 Å². The van der Waals surface area contributed by atoms with Crippen molar-refractivity contribution in [2.75, 3.05) is 0 Å². The van der Waals surface area contributed by atoms with E-state index in [-0.39, 0.29) is 0 Å². The fraction of sp³-hybridized carbons (Fsp3) is 0.625. The number of unbranched alkanes of at least 4 members (excludes halogenated alkanes) is 3. The summed E-state index contributed by atoms with van der Waals surface area (Å²) in [4.78, 5) is 0. The highest BCUT2D eigenvalue weighted by Gasteiger charge is 2.12. The van der Waals surface area contributed by atoms with Crippen LogP contribution in [0.4, 0.5) is 0 Å². The summed E-state index contributed by atoms with van der Waals surface area (Å²) in [7, 11) is 0. The van der Waals surface area contributed by atoms with E-state index in [1.807, 2.05) is 0 Å². The van der Waals surface area contributed by atoms with Crippen LogP contribution in [-0.2, 0) is 0 Å². The van der Waals surface area contributed by atoms with E-state index in [1.54, 1.807) is 0 Å². The van der Waals surface area contributed by atoms with Crippen LogP contribution in [0.25, 0.3) is 0 Å². The van der Waals surface area contributed by atoms with Gasteiger partial charge < -0.3 is 0 Å². The molecule has 0 heterocycles. The van der Waals surface area contributed by atoms with E-state index in [2.05, 4.69) is 45.3 Å². The van der Waals surface area contributed by atoms with Crippen LogP contribution in [-0.4, -0.2) is 0 Å². The number of nitrogens with one attached hydrogen (secondary N) is 1. The predicted octanol–water partition coefficient (Wildman–Crippen LogP) is 4.09. The van der Waals surface area contributed by atoms with Crippen LogP contribution >= 0.6 is 0 Å². The van der Waals surface area contributed by atoms with Gasteiger partial charge >= 0.3 is 0 Å². The molecule has 2 heteroatoms. The second kappa shape index (κ2) is 7.55. The Bertz CT molecular complexity index is 372. The van der Waals surface area contributed by atoms with E-state index < -0.39 is 0 Å². The largest absolute Gasteiger partial charge is 0.271 e. The molecule has 0 aromatic heterocycles. The zero-order valence-electron chi connectivity index (χ0n) is 12.3. The summed E-state index contributed by atoms with van der Waals surface area (Å²) >= 11 is 0. The van der Waals surface area contributed by atoms with Gasteiger partial charge in [-0.15, -0.1) is 0 Å². The number of hydrogen-bond acceptors (Lipinski definition) is 2. The van der Waals surface area contributed by atoms with Crippen LogP contribution in [0.5, 0.6) is 0 Å². The molecule has 0 aliphatic heterocycles. The highest BCUT2D eigenvalue weighted by molar-refractivity contribution is 5.38. The summed E-state index contributed by atoms with van der Waals surface area (Å²) < 4.78 is 0. The Morgan fingerprint density at radius 3 is 2.28 bits per heavy atom. The Morgan fingerprint density at radius 1 is 1.00 bits per heavy atom. The van der Waals surface area contributed by atoms with Crippen molar-refractivity contribution < 1.29 is 0 Å². The van der Waals surface area contributed by atoms with E-state index in [1.165, 1.54) is 47.9 Å². The van der Waals surface area contributed by atoms with Crippen LogP contribution in [0.1, 0.15) is 67.3 Å². The SMILES string of the molecule is CCCCCCC(NN)c1cc(C)c(C)cc1C. The summed E-state index contributed by atoms with van der Waals surface area (Å²) in [6.45, 7) is 8.76. The van der Waals surface area contributed by atoms with Gasteiger partial charge in [0.25, 0.3) is 0 Å². The molecule has 0 bridgehead atoms. The van der Waals surface area contributed by atoms with Crippen LogP contribution < -0.4 is 11.3 Å². The van der Waals surface area contributed by atoms with Gasteiger partial charge in [0, 0.05) is 6.04 Å². The van der Waals surface area contributed by atoms with E-state index in [4.69, 9.17) is 5.84 Å². The molecule has 0 fully saturated rings. The number of benzene rings is 1. The molecule has 1 atom stereocenters. The summed E-state index contributed by atoms with van der Waals surface area (Å²) in [5.74, 6) is 5.73. The van der Waals surface area contributed by atoms with Crippen molar-refractivity contribution in [2.24, 2.45) is 5.84 Å². The van der Waals surface area contributed by atoms with E-state index in [0.29, 0.717) is 6.04 Å². The van der Waals surface area contributed by atoms with Crippen molar-refractivity contribution in [3.8, 4) is 0 Å². The third-order valence-electron chi connectivity index (χ3n) is 3.81. The van der Waals surface area contributed by atoms with Gasteiger partial charge in [0.15, 0.2) is 0 Å². The fourth-order valence-electron chi connectivity index (χ4n) is 2.46. The van der Waals surface area contributed by atoms with Crippen molar-refractivity contribution in [3.63, 3.8) is 0 Å². The van der Waals surface area contributed by atoms with Crippen LogP contribution in [0, 0.1) is 20.8 Å². The van der Waals surface area contributed by atoms with Crippen molar-refractivity contribution in [1.29, 1.82) is 0 Å². The topological polar surface area (TPSA) is 38.0 Å². The lowest BCUT2D eigenvalue weighted by atomic mass is 9.93. The normalized spacial score (nSPS) is 12.7. The molecule has 1 unspecified atom stereocenters. The van der Waals surface area contributed by atoms with Gasteiger partial charge in [-0.1, -0.05) is 44.7 Å². The standard InChI is InChI=1S/C16H28N2/c1-5-6-7-8-9-16(18-17)15-11-13(3)12(2)10-14(15)4/h10-11,16,18H,5-9,17H2,1-4H3. The van der Waals surface area contributed by atoms with Crippen molar-refractivity contribution in [2.45, 2.75) is 65.8 Å². The molecule has 1 aromatic carbocycles. The Balaban J connectivity index is 2.72. The Morgan fingerprint density at radius 2 is 1.67 bits per heavy atom. The maximum atomic E-state index is 5.73. The monoisotopic (exact) mass is 248 g/mol. The van der Waals surface area contributed by atoms with Crippen LogP contribution in [0.2, 0.25) is 0 Å². The minimum atomic E-state index is 0.293. The molecular formula is C16H28N2. The highest BCUT2D eigenvalue weighted by Crippen LogP contribution is 2.25. The molecule has 102 valence electrons. The maximum Gasteiger partial charge on any atom is 0.0462 e. The molecular weight excluding hydrogens is 220 g/mol. The molecule has 2 nitrogen and oxygen atoms in total. The van der Waals surface area contributed by atoms with Crippen molar-refractivity contribution >= 4 is 0 Å². The minimum absolute atomic E-state index is 0.293. The zero-order valence-corrected chi connectivity index (χ0v) is 12.3. The third kappa shape index (κ3) is 4.11. The van der Waals surface area contributed by atoms with Gasteiger partial charge in [-0.05, 0) is 49.4 Å². The van der Waals surface area contributed by atoms with Gasteiger partial charge in [-0.2, -0.15) is 0 Å². The molecule has 0 spiro atoms. The number of nitrogens with two attached hydrogens (primary N) is 1. The van der Waals surface area contributed by atoms with Crippen molar-refractivity contribution in [3.05, 3.63) is 34.4 Å². The summed E-state index contributed by atoms with van der Waals surface area (Å²) in [5.41, 5.74) is 8.40. The Labute approximate surface area is 112 Å². The second-order valence-corrected chi connectivity index (χ2v) is 5.36. The first-order valence-corrected chi connectivity index (χ1v) is 7.14. The quantitative estimate of drug-likeness (QED) is 0.433. The zero-order chi connectivity index (χ0) is 13.5. The highest BCUT2D eigenvalue weighted by atomic mass is 15.2. The predicted molar refractivity (Wildman–Crippen MR) is 79.5 cm³/mol. The first-order chi connectivity index (χ1) is 8.60. The average molecular weight is 248 g/mol. The molecule has 3 N–H and O–H groups in total. The molecule has 0 saturated heterocycles. The van der Waals surface area contributed by atoms with Crippen LogP contribution in [0.15, 0.2) is 12.1 Å². The maximum absolute atomic E-state index is 5.73. The molecule has 0 saturated carbocycles. The fourth-order valence-corrected chi connectivity index (χ4v) is 2.46. The molecule has 0 amide bonds. The minimum Gasteiger partial charge on any atom is -0.271 e. The molecule has 1 aromatic rings. The van der Waals surface area contributed by atoms with Gasteiger partial charge in [0.1, 0.15) is 0 Å². The Hall–Kier alpha value is -0.860. The summed E-state index contributed by atoms with van der Waals surface area (Å²) in [6.07, 6.45) is 6.28. The molecule has 1 rings (SSSR count). The lowest BCUT2D eigenvalue weighted by Gasteiger charge is -2.20. The van der Waals surface area contributed by atoms with E-state index >= 15 is 0 Å². The van der Waals surface area contributed by atoms with E-state index in [0.717, 1.165) is 6.42 Å². The number of hydrogen-bond donors (Lipinski definition) is 2. The Kier molecular flexibility index (Phi) is 6.37. The lowest BCUT2D eigenvalue weighted by Crippen LogP contribution is -2.28. The number of rotatable bonds is 7. The summed E-state index contributed by atoms with van der Waals surface area (Å²) in [6, 6.07) is 4.84. The van der Waals surface area contributed by atoms with E-state index in [9.17, 15) is 0 Å². The summed E-state index contributed by atoms with van der Waals surface area (Å²) in [5, 5.41) is 0. The number of aryl methyl sites for hydroxylation is 3. The first-order valence-electron chi connectivity index (χ1n) is 7.14. The lowest BCUT2D eigenvalue weighted by molar-refractivity contribution is 0.480. The molecule has 0 aliphatic rings. The average Bonchev–Trinajstić information content (AvgIpc) is 2.35. The second-order valence-electron chi connectivity index (χ2n) is 5.36. The molecule has 0 aliphatic carbocycles. The smallest absolute Gasteiger partial charge is 0.0462 e. The van der Waals surface area contributed by atoms with Gasteiger partial charge in [-0.3, -0.25) is 11.3 Å². The van der Waals surface area contributed by atoms with Crippen molar-refractivity contribution in [1.82, 2.24) is 5.43 Å². The molecule has 0 radical (unpaired) electrons. The molecule has 18 heavy (non-hydrogen) atoms. The van der Waals surface area contributed by atoms with Gasteiger partial charge in [0.05, 0.1) is 0 Å².